The second kappa shape index (κ2) is 10.7. The number of anilines is 1. The van der Waals surface area contributed by atoms with Gasteiger partial charge in [0.25, 0.3) is 11.8 Å². The summed E-state index contributed by atoms with van der Waals surface area (Å²) in [4.78, 5) is 35.7. The molecule has 1 aliphatic heterocycles. The van der Waals surface area contributed by atoms with Crippen LogP contribution in [0.4, 0.5) is 19.0 Å². The number of carbonyl (C=O) groups excluding carboxylic acids is 2. The Kier molecular flexibility index (Phi) is 8.26. The molecule has 1 saturated heterocycles. The molecule has 2 atom stereocenters. The highest BCUT2D eigenvalue weighted by Crippen LogP contribution is 2.42. The van der Waals surface area contributed by atoms with E-state index in [1.165, 1.54) is 4.90 Å². The number of amides is 2. The van der Waals surface area contributed by atoms with Crippen LogP contribution in [0.1, 0.15) is 66.4 Å². The first-order chi connectivity index (χ1) is 16.7. The van der Waals surface area contributed by atoms with Gasteiger partial charge in [-0.3, -0.25) is 9.59 Å². The van der Waals surface area contributed by atoms with Crippen LogP contribution in [0, 0.1) is 0 Å². The Bertz CT molecular complexity index is 1120. The van der Waals surface area contributed by atoms with Crippen molar-refractivity contribution in [2.45, 2.75) is 64.4 Å². The van der Waals surface area contributed by atoms with Gasteiger partial charge in [-0.25, -0.2) is 9.97 Å². The molecule has 2 aromatic rings. The Hall–Kier alpha value is -2.77. The first-order valence-corrected chi connectivity index (χ1v) is 12.3. The summed E-state index contributed by atoms with van der Waals surface area (Å²) in [6.07, 6.45) is -3.46. The van der Waals surface area contributed by atoms with Crippen molar-refractivity contribution in [1.29, 1.82) is 0 Å². The monoisotopic (exact) mass is 529 g/mol. The van der Waals surface area contributed by atoms with Gasteiger partial charge in [-0.1, -0.05) is 0 Å². The Balaban J connectivity index is 2.12. The van der Waals surface area contributed by atoms with Crippen LogP contribution in [0.5, 0.6) is 0 Å². The number of hydrogen-bond donors (Lipinski definition) is 4. The molecule has 0 aliphatic carbocycles. The molecule has 0 spiro atoms. The maximum Gasteiger partial charge on any atom is 0.417 e. The number of likely N-dealkylation sites (tertiary alicyclic amines) is 1. The van der Waals surface area contributed by atoms with Crippen LogP contribution >= 0.6 is 11.3 Å². The fourth-order valence-electron chi connectivity index (χ4n) is 3.79. The Morgan fingerprint density at radius 3 is 2.56 bits per heavy atom. The Labute approximate surface area is 210 Å². The van der Waals surface area contributed by atoms with Gasteiger partial charge in [-0.15, -0.1) is 11.3 Å². The lowest BCUT2D eigenvalue weighted by Gasteiger charge is -2.23. The molecule has 13 heteroatoms. The summed E-state index contributed by atoms with van der Waals surface area (Å²) in [5, 5.41) is 23.5. The molecule has 36 heavy (non-hydrogen) atoms. The largest absolute Gasteiger partial charge is 0.417 e. The lowest BCUT2D eigenvalue weighted by Crippen LogP contribution is -2.35. The summed E-state index contributed by atoms with van der Waals surface area (Å²) in [6.45, 7) is 6.74. The van der Waals surface area contributed by atoms with Gasteiger partial charge in [-0.05, 0) is 46.6 Å². The zero-order chi connectivity index (χ0) is 26.8. The lowest BCUT2D eigenvalue weighted by molar-refractivity contribution is -0.137. The third-order valence-electron chi connectivity index (χ3n) is 5.50. The minimum atomic E-state index is -4.77. The summed E-state index contributed by atoms with van der Waals surface area (Å²) in [5.74, 6) is -1.33. The minimum Gasteiger partial charge on any atom is -0.394 e. The smallest absolute Gasteiger partial charge is 0.394 e. The SMILES string of the molecule is CC1CCCN1C(=O)c1nc(C(=O)NCC(O)CO)sc1-c1cnc(NC(C)(C)C)cc1C(F)(F)F. The van der Waals surface area contributed by atoms with Gasteiger partial charge in [0, 0.05) is 36.4 Å². The third-order valence-corrected chi connectivity index (χ3v) is 6.59. The fraction of sp³-hybridized carbons (Fsp3) is 0.565. The van der Waals surface area contributed by atoms with E-state index in [1.807, 2.05) is 6.92 Å². The molecule has 3 rings (SSSR count). The van der Waals surface area contributed by atoms with Crippen molar-refractivity contribution in [3.8, 4) is 10.4 Å². The first-order valence-electron chi connectivity index (χ1n) is 11.5. The van der Waals surface area contributed by atoms with Crippen LogP contribution in [-0.2, 0) is 6.18 Å². The van der Waals surface area contributed by atoms with Gasteiger partial charge >= 0.3 is 6.18 Å². The molecule has 2 aromatic heterocycles. The molecule has 0 aromatic carbocycles. The molecular formula is C23H30F3N5O4S. The molecule has 9 nitrogen and oxygen atoms in total. The van der Waals surface area contributed by atoms with Crippen LogP contribution in [0.3, 0.4) is 0 Å². The summed E-state index contributed by atoms with van der Waals surface area (Å²) in [5.41, 5.74) is -2.17. The normalized spacial score (nSPS) is 17.2. The van der Waals surface area contributed by atoms with Gasteiger partial charge in [-0.2, -0.15) is 13.2 Å². The number of rotatable bonds is 7. The van der Waals surface area contributed by atoms with Crippen LogP contribution in [0.15, 0.2) is 12.3 Å². The number of aliphatic hydroxyl groups excluding tert-OH is 2. The van der Waals surface area contributed by atoms with Gasteiger partial charge in [0.15, 0.2) is 5.01 Å². The van der Waals surface area contributed by atoms with E-state index in [-0.39, 0.29) is 39.5 Å². The quantitative estimate of drug-likeness (QED) is 0.434. The Morgan fingerprint density at radius 2 is 2.00 bits per heavy atom. The highest BCUT2D eigenvalue weighted by atomic mass is 32.1. The van der Waals surface area contributed by atoms with Crippen molar-refractivity contribution in [3.05, 3.63) is 28.5 Å². The van der Waals surface area contributed by atoms with E-state index in [9.17, 15) is 27.9 Å². The van der Waals surface area contributed by atoms with Crippen LogP contribution in [0.25, 0.3) is 10.4 Å². The molecule has 1 fully saturated rings. The maximum atomic E-state index is 14.2. The molecule has 0 saturated carbocycles. The molecule has 4 N–H and O–H groups in total. The van der Waals surface area contributed by atoms with Crippen LogP contribution in [0.2, 0.25) is 0 Å². The average Bonchev–Trinajstić information content (AvgIpc) is 3.41. The zero-order valence-corrected chi connectivity index (χ0v) is 21.3. The van der Waals surface area contributed by atoms with Crippen LogP contribution < -0.4 is 10.6 Å². The van der Waals surface area contributed by atoms with Crippen LogP contribution in [-0.4, -0.2) is 74.3 Å². The number of hydrogen-bond acceptors (Lipinski definition) is 8. The number of pyridine rings is 1. The predicted octanol–water partition coefficient (Wildman–Crippen LogP) is 3.14. The number of halogens is 3. The lowest BCUT2D eigenvalue weighted by atomic mass is 10.1. The number of carbonyl (C=O) groups is 2. The first kappa shape index (κ1) is 27.8. The van der Waals surface area contributed by atoms with E-state index < -0.39 is 41.8 Å². The summed E-state index contributed by atoms with van der Waals surface area (Å²) >= 11 is 0.642. The molecular weight excluding hydrogens is 499 g/mol. The van der Waals surface area contributed by atoms with E-state index in [0.29, 0.717) is 17.9 Å². The number of nitrogens with one attached hydrogen (secondary N) is 2. The second-order valence-electron chi connectivity index (χ2n) is 9.72. The zero-order valence-electron chi connectivity index (χ0n) is 20.4. The molecule has 3 heterocycles. The molecule has 198 valence electrons. The fourth-order valence-corrected chi connectivity index (χ4v) is 4.79. The van der Waals surface area contributed by atoms with Crippen molar-refractivity contribution in [2.75, 3.05) is 25.0 Å². The minimum absolute atomic E-state index is 0.0140. The van der Waals surface area contributed by atoms with Crippen molar-refractivity contribution < 1.29 is 33.0 Å². The van der Waals surface area contributed by atoms with E-state index in [4.69, 9.17) is 5.11 Å². The predicted molar refractivity (Wildman–Crippen MR) is 129 cm³/mol. The topological polar surface area (TPSA) is 128 Å². The maximum absolute atomic E-state index is 14.2. The van der Waals surface area contributed by atoms with Crippen molar-refractivity contribution in [3.63, 3.8) is 0 Å². The van der Waals surface area contributed by atoms with E-state index in [2.05, 4.69) is 20.6 Å². The van der Waals surface area contributed by atoms with Gasteiger partial charge < -0.3 is 25.7 Å². The third kappa shape index (κ3) is 6.51. The molecule has 2 amide bonds. The van der Waals surface area contributed by atoms with E-state index in [0.717, 1.165) is 25.1 Å². The average molecular weight is 530 g/mol. The number of thiazole rings is 1. The number of aliphatic hydroxyl groups is 2. The summed E-state index contributed by atoms with van der Waals surface area (Å²) in [7, 11) is 0. The standard InChI is InChI=1S/C23H30F3N5O4S/c1-12-6-5-7-31(12)21(35)17-18(36-20(29-17)19(34)28-9-13(33)11-32)14-10-27-16(30-22(2,3)4)8-15(14)23(24,25)26/h8,10,12-13,32-33H,5-7,9,11H2,1-4H3,(H,27,30)(H,28,34). The summed E-state index contributed by atoms with van der Waals surface area (Å²) in [6, 6.07) is 0.757. The number of alkyl halides is 3. The van der Waals surface area contributed by atoms with Crippen molar-refractivity contribution in [1.82, 2.24) is 20.2 Å². The number of nitrogens with zero attached hydrogens (tertiary/aromatic N) is 3. The highest BCUT2D eigenvalue weighted by molar-refractivity contribution is 7.17. The van der Waals surface area contributed by atoms with Gasteiger partial charge in [0.05, 0.1) is 23.2 Å². The molecule has 2 unspecified atom stereocenters. The van der Waals surface area contributed by atoms with E-state index >= 15 is 0 Å². The number of aromatic nitrogens is 2. The highest BCUT2D eigenvalue weighted by Gasteiger charge is 2.38. The van der Waals surface area contributed by atoms with Gasteiger partial charge in [0.1, 0.15) is 11.5 Å². The molecule has 0 radical (unpaired) electrons. The molecule has 0 bridgehead atoms. The van der Waals surface area contributed by atoms with Gasteiger partial charge in [0.2, 0.25) is 0 Å². The van der Waals surface area contributed by atoms with Crippen molar-refractivity contribution >= 4 is 29.0 Å². The Morgan fingerprint density at radius 1 is 1.31 bits per heavy atom. The van der Waals surface area contributed by atoms with E-state index in [1.54, 1.807) is 20.8 Å². The summed E-state index contributed by atoms with van der Waals surface area (Å²) < 4.78 is 42.5. The van der Waals surface area contributed by atoms with Crippen molar-refractivity contribution in [2.24, 2.45) is 0 Å². The second-order valence-corrected chi connectivity index (χ2v) is 10.7. The molecule has 1 aliphatic rings.